The van der Waals surface area contributed by atoms with Crippen molar-refractivity contribution in [3.63, 3.8) is 0 Å². The Morgan fingerprint density at radius 2 is 2.53 bits per heavy atom. The maximum Gasteiger partial charge on any atom is 0.235 e. The number of methoxy groups -OCH3 is 1. The van der Waals surface area contributed by atoms with Crippen LogP contribution >= 0.6 is 0 Å². The molecule has 17 heavy (non-hydrogen) atoms. The fourth-order valence-corrected chi connectivity index (χ4v) is 1.73. The maximum atomic E-state index is 11.3. The van der Waals surface area contributed by atoms with E-state index in [2.05, 4.69) is 11.7 Å². The third-order valence-corrected chi connectivity index (χ3v) is 2.55. The van der Waals surface area contributed by atoms with Crippen molar-refractivity contribution < 1.29 is 14.4 Å². The molecule has 0 aliphatic carbocycles. The Morgan fingerprint density at radius 3 is 3.12 bits per heavy atom. The number of carbonyl (C=O) groups is 1. The molecule has 1 heterocycles. The average Bonchev–Trinajstić information content (AvgIpc) is 2.70. The zero-order valence-electron chi connectivity index (χ0n) is 10.1. The zero-order valence-corrected chi connectivity index (χ0v) is 10.1. The summed E-state index contributed by atoms with van der Waals surface area (Å²) >= 11 is 0. The largest absolute Gasteiger partial charge is 0.392 e. The number of likely N-dealkylation sites (tertiary alicyclic amines) is 1. The highest BCUT2D eigenvalue weighted by atomic mass is 16.6. The molecule has 6 nitrogen and oxygen atoms in total. The molecule has 0 spiro atoms. The lowest BCUT2D eigenvalue weighted by molar-refractivity contribution is -0.122. The van der Waals surface area contributed by atoms with Crippen molar-refractivity contribution in [1.82, 2.24) is 4.90 Å². The summed E-state index contributed by atoms with van der Waals surface area (Å²) in [6.45, 7) is 5.70. The standard InChI is InChI=1S/C11H19N3O3/c1-3-5-17-13-9-7-10(11(12)15)14(8-9)4-6-16-2/h3,10H,1,4-8H2,2H3,(H2,12,15)/b13-9-/t10-/m0/s1. The van der Waals surface area contributed by atoms with Gasteiger partial charge in [0.1, 0.15) is 6.61 Å². The number of hydrogen-bond donors (Lipinski definition) is 1. The number of amides is 1. The Labute approximate surface area is 101 Å². The van der Waals surface area contributed by atoms with E-state index >= 15 is 0 Å². The minimum atomic E-state index is -0.338. The monoisotopic (exact) mass is 241 g/mol. The van der Waals surface area contributed by atoms with Gasteiger partial charge < -0.3 is 15.3 Å². The van der Waals surface area contributed by atoms with Gasteiger partial charge in [-0.3, -0.25) is 9.69 Å². The topological polar surface area (TPSA) is 77.2 Å². The van der Waals surface area contributed by atoms with Crippen molar-refractivity contribution in [3.8, 4) is 0 Å². The molecule has 6 heteroatoms. The van der Waals surface area contributed by atoms with Crippen LogP contribution in [0.15, 0.2) is 17.8 Å². The molecule has 2 N–H and O–H groups in total. The molecule has 96 valence electrons. The van der Waals surface area contributed by atoms with Gasteiger partial charge in [0.05, 0.1) is 18.4 Å². The Bertz CT molecular complexity index is 304. The number of nitrogens with zero attached hydrogens (tertiary/aromatic N) is 2. The van der Waals surface area contributed by atoms with Crippen LogP contribution in [0.25, 0.3) is 0 Å². The van der Waals surface area contributed by atoms with Crippen LogP contribution in [0, 0.1) is 0 Å². The van der Waals surface area contributed by atoms with E-state index in [1.807, 2.05) is 4.90 Å². The lowest BCUT2D eigenvalue weighted by Gasteiger charge is -2.19. The fraction of sp³-hybridized carbons (Fsp3) is 0.636. The molecule has 1 fully saturated rings. The Hall–Kier alpha value is -1.40. The molecule has 1 aliphatic heterocycles. The Kier molecular flexibility index (Phi) is 5.65. The van der Waals surface area contributed by atoms with E-state index in [4.69, 9.17) is 15.3 Å². The number of nitrogens with two attached hydrogens (primary N) is 1. The van der Waals surface area contributed by atoms with Gasteiger partial charge in [-0.05, 0) is 0 Å². The van der Waals surface area contributed by atoms with Gasteiger partial charge in [-0.25, -0.2) is 0 Å². The maximum absolute atomic E-state index is 11.3. The summed E-state index contributed by atoms with van der Waals surface area (Å²) < 4.78 is 4.99. The molecule has 1 rings (SSSR count). The fourth-order valence-electron chi connectivity index (χ4n) is 1.73. The molecule has 0 aromatic heterocycles. The van der Waals surface area contributed by atoms with E-state index < -0.39 is 0 Å². The van der Waals surface area contributed by atoms with Crippen LogP contribution in [-0.2, 0) is 14.4 Å². The van der Waals surface area contributed by atoms with Crippen LogP contribution in [-0.4, -0.2) is 56.0 Å². The van der Waals surface area contributed by atoms with Gasteiger partial charge >= 0.3 is 0 Å². The van der Waals surface area contributed by atoms with Crippen LogP contribution in [0.3, 0.4) is 0 Å². The molecule has 0 unspecified atom stereocenters. The molecule has 1 aliphatic rings. The summed E-state index contributed by atoms with van der Waals surface area (Å²) in [4.78, 5) is 18.2. The first kappa shape index (κ1) is 13.7. The zero-order chi connectivity index (χ0) is 12.7. The number of carbonyl (C=O) groups excluding carboxylic acids is 1. The van der Waals surface area contributed by atoms with Gasteiger partial charge in [0.25, 0.3) is 0 Å². The first-order valence-corrected chi connectivity index (χ1v) is 5.50. The van der Waals surface area contributed by atoms with Crippen LogP contribution in [0.5, 0.6) is 0 Å². The number of rotatable bonds is 7. The number of oxime groups is 1. The van der Waals surface area contributed by atoms with Gasteiger partial charge in [-0.15, -0.1) is 0 Å². The van der Waals surface area contributed by atoms with Gasteiger partial charge in [-0.2, -0.15) is 0 Å². The normalized spacial score (nSPS) is 22.9. The summed E-state index contributed by atoms with van der Waals surface area (Å²) in [5.41, 5.74) is 6.17. The molecule has 0 aromatic carbocycles. The molecular formula is C11H19N3O3. The molecule has 0 saturated carbocycles. The number of ether oxygens (including phenoxy) is 1. The predicted molar refractivity (Wildman–Crippen MR) is 64.6 cm³/mol. The van der Waals surface area contributed by atoms with Crippen molar-refractivity contribution >= 4 is 11.6 Å². The lowest BCUT2D eigenvalue weighted by Crippen LogP contribution is -2.41. The molecule has 1 atom stereocenters. The molecule has 0 radical (unpaired) electrons. The molecular weight excluding hydrogens is 222 g/mol. The number of primary amides is 1. The average molecular weight is 241 g/mol. The van der Waals surface area contributed by atoms with E-state index in [0.717, 1.165) is 5.71 Å². The summed E-state index contributed by atoms with van der Waals surface area (Å²) in [5, 5.41) is 3.96. The van der Waals surface area contributed by atoms with E-state index in [1.54, 1.807) is 13.2 Å². The van der Waals surface area contributed by atoms with Crippen molar-refractivity contribution in [1.29, 1.82) is 0 Å². The van der Waals surface area contributed by atoms with E-state index in [9.17, 15) is 4.79 Å². The second kappa shape index (κ2) is 7.03. The minimum Gasteiger partial charge on any atom is -0.392 e. The van der Waals surface area contributed by atoms with Crippen molar-refractivity contribution in [2.75, 3.05) is 33.4 Å². The molecule has 1 amide bonds. The van der Waals surface area contributed by atoms with E-state index in [-0.39, 0.29) is 11.9 Å². The molecule has 0 aromatic rings. The highest BCUT2D eigenvalue weighted by molar-refractivity contribution is 5.95. The predicted octanol–water partition coefficient (Wildman–Crippen LogP) is -0.249. The first-order valence-electron chi connectivity index (χ1n) is 5.50. The highest BCUT2D eigenvalue weighted by Crippen LogP contribution is 2.15. The third kappa shape index (κ3) is 4.16. The van der Waals surface area contributed by atoms with Gasteiger partial charge in [0.2, 0.25) is 5.91 Å². The number of hydrogen-bond acceptors (Lipinski definition) is 5. The summed E-state index contributed by atoms with van der Waals surface area (Å²) in [6.07, 6.45) is 2.14. The van der Waals surface area contributed by atoms with Gasteiger partial charge in [0, 0.05) is 26.6 Å². The minimum absolute atomic E-state index is 0.309. The third-order valence-electron chi connectivity index (χ3n) is 2.55. The van der Waals surface area contributed by atoms with Gasteiger partial charge in [0.15, 0.2) is 0 Å². The van der Waals surface area contributed by atoms with Crippen molar-refractivity contribution in [2.45, 2.75) is 12.5 Å². The summed E-state index contributed by atoms with van der Waals surface area (Å²) in [7, 11) is 1.62. The second-order valence-corrected chi connectivity index (χ2v) is 3.83. The highest BCUT2D eigenvalue weighted by Gasteiger charge is 2.33. The first-order chi connectivity index (χ1) is 8.19. The molecule has 1 saturated heterocycles. The van der Waals surface area contributed by atoms with Crippen LogP contribution < -0.4 is 5.73 Å². The Balaban J connectivity index is 2.55. The lowest BCUT2D eigenvalue weighted by atomic mass is 10.2. The van der Waals surface area contributed by atoms with Crippen LogP contribution in [0.2, 0.25) is 0 Å². The van der Waals surface area contributed by atoms with Crippen molar-refractivity contribution in [2.24, 2.45) is 10.9 Å². The van der Waals surface area contributed by atoms with Crippen LogP contribution in [0.4, 0.5) is 0 Å². The summed E-state index contributed by atoms with van der Waals surface area (Å²) in [6, 6.07) is -0.309. The quantitative estimate of drug-likeness (QED) is 0.379. The van der Waals surface area contributed by atoms with Crippen molar-refractivity contribution in [3.05, 3.63) is 12.7 Å². The van der Waals surface area contributed by atoms with E-state index in [0.29, 0.717) is 32.7 Å². The van der Waals surface area contributed by atoms with Crippen LogP contribution in [0.1, 0.15) is 6.42 Å². The molecule has 0 bridgehead atoms. The smallest absolute Gasteiger partial charge is 0.235 e. The SMILES string of the molecule is C=CCO/N=C1/C[C@@H](C(N)=O)N(CCOC)C1. The van der Waals surface area contributed by atoms with E-state index in [1.165, 1.54) is 0 Å². The Morgan fingerprint density at radius 1 is 1.76 bits per heavy atom. The second-order valence-electron chi connectivity index (χ2n) is 3.83. The van der Waals surface area contributed by atoms with Gasteiger partial charge in [-0.1, -0.05) is 17.8 Å². The summed E-state index contributed by atoms with van der Waals surface area (Å²) in [5.74, 6) is -0.338.